The molecule has 5 nitrogen and oxygen atoms in total. The van der Waals surface area contributed by atoms with E-state index in [0.717, 1.165) is 4.47 Å². The van der Waals surface area contributed by atoms with Crippen molar-refractivity contribution in [1.82, 2.24) is 9.80 Å². The Labute approximate surface area is 114 Å². The van der Waals surface area contributed by atoms with Gasteiger partial charge in [0.05, 0.1) is 10.4 Å². The second-order valence-corrected chi connectivity index (χ2v) is 5.51. The topological polar surface area (TPSA) is 53.8 Å². The van der Waals surface area contributed by atoms with Crippen LogP contribution in [0.15, 0.2) is 21.2 Å². The Bertz CT molecular complexity index is 470. The molecule has 98 valence electrons. The van der Waals surface area contributed by atoms with Crippen LogP contribution in [0.5, 0.6) is 0 Å². The first-order valence-electron chi connectivity index (χ1n) is 5.73. The van der Waals surface area contributed by atoms with Crippen LogP contribution in [0.3, 0.4) is 0 Å². The van der Waals surface area contributed by atoms with E-state index in [1.807, 2.05) is 0 Å². The van der Waals surface area contributed by atoms with Gasteiger partial charge in [0, 0.05) is 33.3 Å². The fourth-order valence-electron chi connectivity index (χ4n) is 2.09. The van der Waals surface area contributed by atoms with Crippen LogP contribution in [-0.2, 0) is 4.79 Å². The molecule has 1 aliphatic heterocycles. The average Bonchev–Trinajstić information content (AvgIpc) is 2.95. The van der Waals surface area contributed by atoms with E-state index in [1.54, 1.807) is 30.0 Å². The first-order valence-corrected chi connectivity index (χ1v) is 6.53. The summed E-state index contributed by atoms with van der Waals surface area (Å²) in [6, 6.07) is 1.64. The van der Waals surface area contributed by atoms with Gasteiger partial charge in [0.1, 0.15) is 6.26 Å². The summed E-state index contributed by atoms with van der Waals surface area (Å²) in [7, 11) is 3.47. The van der Waals surface area contributed by atoms with Crippen molar-refractivity contribution in [3.63, 3.8) is 0 Å². The van der Waals surface area contributed by atoms with E-state index in [2.05, 4.69) is 15.9 Å². The molecule has 0 bridgehead atoms. The third-order valence-electron chi connectivity index (χ3n) is 3.04. The predicted molar refractivity (Wildman–Crippen MR) is 69.1 cm³/mol. The normalized spacial score (nSPS) is 19.1. The van der Waals surface area contributed by atoms with Crippen LogP contribution in [-0.4, -0.2) is 48.8 Å². The molecule has 0 radical (unpaired) electrons. The number of nitrogens with zero attached hydrogens (tertiary/aromatic N) is 2. The Morgan fingerprint density at radius 1 is 1.50 bits per heavy atom. The number of amides is 2. The number of carbonyl (C=O) groups is 2. The molecule has 6 heteroatoms. The molecule has 1 atom stereocenters. The minimum Gasteiger partial charge on any atom is -0.458 e. The molecule has 0 saturated carbocycles. The Kier molecular flexibility index (Phi) is 3.75. The summed E-state index contributed by atoms with van der Waals surface area (Å²) in [5.41, 5.74) is 0. The van der Waals surface area contributed by atoms with Crippen molar-refractivity contribution < 1.29 is 14.0 Å². The van der Waals surface area contributed by atoms with Gasteiger partial charge in [0.25, 0.3) is 5.91 Å². The molecule has 2 rings (SSSR count). The maximum atomic E-state index is 12.1. The summed E-state index contributed by atoms with van der Waals surface area (Å²) in [4.78, 5) is 27.1. The van der Waals surface area contributed by atoms with E-state index in [9.17, 15) is 9.59 Å². The van der Waals surface area contributed by atoms with Crippen molar-refractivity contribution in [3.05, 3.63) is 22.6 Å². The highest BCUT2D eigenvalue weighted by Gasteiger charge is 2.33. The lowest BCUT2D eigenvalue weighted by Gasteiger charge is -2.17. The van der Waals surface area contributed by atoms with Crippen LogP contribution in [0.4, 0.5) is 0 Å². The van der Waals surface area contributed by atoms with Gasteiger partial charge in [-0.1, -0.05) is 0 Å². The second kappa shape index (κ2) is 5.14. The molecule has 1 saturated heterocycles. The zero-order valence-electron chi connectivity index (χ0n) is 10.4. The Hall–Kier alpha value is -1.30. The zero-order valence-corrected chi connectivity index (χ0v) is 11.9. The van der Waals surface area contributed by atoms with Crippen molar-refractivity contribution in [1.29, 1.82) is 0 Å². The molecule has 0 spiro atoms. The first kappa shape index (κ1) is 13.1. The SMILES string of the molecule is CN(C)C(=O)[C@H]1CCN(C(=O)c2cc(Br)co2)C1. The Balaban J connectivity index is 2.01. The van der Waals surface area contributed by atoms with Gasteiger partial charge in [-0.15, -0.1) is 0 Å². The van der Waals surface area contributed by atoms with E-state index in [4.69, 9.17) is 4.42 Å². The van der Waals surface area contributed by atoms with E-state index < -0.39 is 0 Å². The summed E-state index contributed by atoms with van der Waals surface area (Å²) < 4.78 is 5.89. The van der Waals surface area contributed by atoms with Crippen molar-refractivity contribution in [2.45, 2.75) is 6.42 Å². The largest absolute Gasteiger partial charge is 0.458 e. The van der Waals surface area contributed by atoms with Gasteiger partial charge in [0.15, 0.2) is 5.76 Å². The van der Waals surface area contributed by atoms with E-state index >= 15 is 0 Å². The lowest BCUT2D eigenvalue weighted by Crippen LogP contribution is -2.33. The number of likely N-dealkylation sites (tertiary alicyclic amines) is 1. The fourth-order valence-corrected chi connectivity index (χ4v) is 2.39. The van der Waals surface area contributed by atoms with Crippen LogP contribution < -0.4 is 0 Å². The zero-order chi connectivity index (χ0) is 13.3. The monoisotopic (exact) mass is 314 g/mol. The molecule has 1 aromatic rings. The van der Waals surface area contributed by atoms with Gasteiger partial charge in [-0.05, 0) is 22.4 Å². The number of rotatable bonds is 2. The van der Waals surface area contributed by atoms with Crippen molar-refractivity contribution >= 4 is 27.7 Å². The summed E-state index contributed by atoms with van der Waals surface area (Å²) in [5.74, 6) is 0.128. The summed E-state index contributed by atoms with van der Waals surface area (Å²) in [5, 5.41) is 0. The van der Waals surface area contributed by atoms with E-state index in [1.165, 1.54) is 6.26 Å². The van der Waals surface area contributed by atoms with Crippen LogP contribution in [0.2, 0.25) is 0 Å². The third-order valence-corrected chi connectivity index (χ3v) is 3.46. The van der Waals surface area contributed by atoms with E-state index in [0.29, 0.717) is 25.3 Å². The molecule has 18 heavy (non-hydrogen) atoms. The Morgan fingerprint density at radius 3 is 2.78 bits per heavy atom. The average molecular weight is 315 g/mol. The summed E-state index contributed by atoms with van der Waals surface area (Å²) in [6.45, 7) is 1.07. The number of hydrogen-bond donors (Lipinski definition) is 0. The van der Waals surface area contributed by atoms with Crippen molar-refractivity contribution in [2.75, 3.05) is 27.2 Å². The fraction of sp³-hybridized carbons (Fsp3) is 0.500. The van der Waals surface area contributed by atoms with Gasteiger partial charge in [-0.25, -0.2) is 0 Å². The minimum absolute atomic E-state index is 0.0749. The van der Waals surface area contributed by atoms with Crippen LogP contribution in [0, 0.1) is 5.92 Å². The summed E-state index contributed by atoms with van der Waals surface area (Å²) >= 11 is 3.24. The third kappa shape index (κ3) is 2.58. The quantitative estimate of drug-likeness (QED) is 0.833. The minimum atomic E-state index is -0.158. The van der Waals surface area contributed by atoms with Crippen molar-refractivity contribution in [2.24, 2.45) is 5.92 Å². The molecule has 0 N–H and O–H groups in total. The molecule has 2 heterocycles. The molecule has 0 aliphatic carbocycles. The second-order valence-electron chi connectivity index (χ2n) is 4.60. The number of carbonyl (C=O) groups excluding carboxylic acids is 2. The standard InChI is InChI=1S/C12H15BrN2O3/c1-14(2)11(16)8-3-4-15(6-8)12(17)10-5-9(13)7-18-10/h5,7-8H,3-4,6H2,1-2H3/t8-/m0/s1. The van der Waals surface area contributed by atoms with Gasteiger partial charge in [-0.2, -0.15) is 0 Å². The molecule has 0 aromatic carbocycles. The van der Waals surface area contributed by atoms with Gasteiger partial charge in [0.2, 0.25) is 5.91 Å². The van der Waals surface area contributed by atoms with Gasteiger partial charge >= 0.3 is 0 Å². The van der Waals surface area contributed by atoms with E-state index in [-0.39, 0.29) is 17.7 Å². The highest BCUT2D eigenvalue weighted by molar-refractivity contribution is 9.10. The maximum Gasteiger partial charge on any atom is 0.289 e. The molecule has 1 fully saturated rings. The number of hydrogen-bond acceptors (Lipinski definition) is 3. The molecule has 1 aromatic heterocycles. The molecule has 0 unspecified atom stereocenters. The molecular weight excluding hydrogens is 300 g/mol. The molecule has 2 amide bonds. The van der Waals surface area contributed by atoms with Crippen LogP contribution >= 0.6 is 15.9 Å². The maximum absolute atomic E-state index is 12.1. The first-order chi connectivity index (χ1) is 8.49. The van der Waals surface area contributed by atoms with Gasteiger partial charge < -0.3 is 14.2 Å². The Morgan fingerprint density at radius 2 is 2.22 bits per heavy atom. The van der Waals surface area contributed by atoms with Crippen molar-refractivity contribution in [3.8, 4) is 0 Å². The molecule has 1 aliphatic rings. The highest BCUT2D eigenvalue weighted by Crippen LogP contribution is 2.22. The predicted octanol–water partition coefficient (Wildman–Crippen LogP) is 1.59. The van der Waals surface area contributed by atoms with Crippen LogP contribution in [0.25, 0.3) is 0 Å². The highest BCUT2D eigenvalue weighted by atomic mass is 79.9. The molecular formula is C12H15BrN2O3. The number of furan rings is 1. The lowest BCUT2D eigenvalue weighted by atomic mass is 10.1. The van der Waals surface area contributed by atoms with Crippen LogP contribution in [0.1, 0.15) is 17.0 Å². The van der Waals surface area contributed by atoms with Gasteiger partial charge in [-0.3, -0.25) is 9.59 Å². The lowest BCUT2D eigenvalue weighted by molar-refractivity contribution is -0.132. The summed E-state index contributed by atoms with van der Waals surface area (Å²) in [6.07, 6.45) is 2.19. The smallest absolute Gasteiger partial charge is 0.289 e. The number of halogens is 1.